The van der Waals surface area contributed by atoms with E-state index in [1.807, 2.05) is 0 Å². The van der Waals surface area contributed by atoms with Crippen molar-refractivity contribution < 1.29 is 0 Å². The average molecular weight is 1070 g/mol. The lowest BCUT2D eigenvalue weighted by Gasteiger charge is -2.23. The molecule has 0 fully saturated rings. The van der Waals surface area contributed by atoms with Gasteiger partial charge in [0.15, 0.2) is 0 Å². The predicted octanol–water partition coefficient (Wildman–Crippen LogP) is 23.2. The molecule has 0 amide bonds. The predicted molar refractivity (Wildman–Crippen MR) is 359 cm³/mol. The maximum absolute atomic E-state index is 2.48. The highest BCUT2D eigenvalue weighted by Gasteiger charge is 2.40. The molecule has 84 heavy (non-hydrogen) atoms. The molecule has 17 rings (SSSR count). The number of benzene rings is 15. The van der Waals surface area contributed by atoms with E-state index < -0.39 is 0 Å². The van der Waals surface area contributed by atoms with E-state index in [0.717, 1.165) is 0 Å². The summed E-state index contributed by atoms with van der Waals surface area (Å²) in [6, 6.07) is 105. The van der Waals surface area contributed by atoms with Crippen LogP contribution in [-0.4, -0.2) is 0 Å². The summed E-state index contributed by atoms with van der Waals surface area (Å²) in [7, 11) is 0. The molecule has 0 aromatic heterocycles. The van der Waals surface area contributed by atoms with Crippen molar-refractivity contribution in [2.24, 2.45) is 0 Å². The number of fused-ring (bicyclic) bond motifs is 14. The topological polar surface area (TPSA) is 0 Å². The third kappa shape index (κ3) is 7.07. The van der Waals surface area contributed by atoms with Gasteiger partial charge in [-0.15, -0.1) is 0 Å². The summed E-state index contributed by atoms with van der Waals surface area (Å²) in [4.78, 5) is 0. The lowest BCUT2D eigenvalue weighted by molar-refractivity contribution is 0.660. The molecule has 0 unspecified atom stereocenters. The minimum absolute atomic E-state index is 0.171. The molecule has 0 N–H and O–H groups in total. The second kappa shape index (κ2) is 18.2. The van der Waals surface area contributed by atoms with Crippen LogP contribution >= 0.6 is 0 Å². The van der Waals surface area contributed by atoms with Gasteiger partial charge >= 0.3 is 0 Å². The molecule has 2 aliphatic rings. The van der Waals surface area contributed by atoms with Crippen LogP contribution in [0.5, 0.6) is 0 Å². The average Bonchev–Trinajstić information content (AvgIpc) is 1.92. The van der Waals surface area contributed by atoms with Gasteiger partial charge in [-0.2, -0.15) is 0 Å². The molecule has 0 spiro atoms. The number of hydrogen-bond donors (Lipinski definition) is 0. The van der Waals surface area contributed by atoms with Gasteiger partial charge < -0.3 is 0 Å². The smallest absolute Gasteiger partial charge is 0.0159 e. The molecule has 0 atom stereocenters. The van der Waals surface area contributed by atoms with Crippen molar-refractivity contribution in [2.75, 3.05) is 0 Å². The Labute approximate surface area is 490 Å². The minimum atomic E-state index is -0.175. The Morgan fingerprint density at radius 2 is 0.476 bits per heavy atom. The summed E-state index contributed by atoms with van der Waals surface area (Å²) in [5.74, 6) is 0. The van der Waals surface area contributed by atoms with E-state index in [4.69, 9.17) is 0 Å². The monoisotopic (exact) mass is 1070 g/mol. The summed E-state index contributed by atoms with van der Waals surface area (Å²) in [6.45, 7) is 9.66. The van der Waals surface area contributed by atoms with E-state index in [2.05, 4.69) is 307 Å². The fraction of sp³-hybridized carbons (Fsp3) is 0.0714. The molecule has 0 nitrogen and oxygen atoms in total. The molecule has 0 heterocycles. The van der Waals surface area contributed by atoms with E-state index >= 15 is 0 Å². The maximum Gasteiger partial charge on any atom is 0.0159 e. The highest BCUT2D eigenvalue weighted by atomic mass is 14.4. The van der Waals surface area contributed by atoms with Gasteiger partial charge in [0.25, 0.3) is 0 Å². The highest BCUT2D eigenvalue weighted by molar-refractivity contribution is 6.23. The van der Waals surface area contributed by atoms with E-state index in [0.29, 0.717) is 0 Å². The van der Waals surface area contributed by atoms with Crippen LogP contribution in [0.4, 0.5) is 0 Å². The molecule has 0 radical (unpaired) electrons. The van der Waals surface area contributed by atoms with E-state index in [9.17, 15) is 0 Å². The zero-order valence-electron chi connectivity index (χ0n) is 47.6. The standard InChI is InChI=1S/C84H58/c1-83(2)73-46-44-70-69(81(73)71-42-40-58(49-75(71)83)52-30-35-55(36-31-52)78-63-24-12-10-22-61(63)77(54-19-6-5-7-20-54)62-23-11-13-25-64(62)78)45-47-74-82(70)72-43-41-59(50-76(72)84(74,3)4)53-32-37-56(38-33-53)79-65-26-14-16-28-67(65)80(68-29-17-15-27-66(68)79)60-39-34-51-18-8-9-21-57(51)48-60/h5-50H,1-4H3. The Hall–Kier alpha value is -10.1. The van der Waals surface area contributed by atoms with Gasteiger partial charge in [-0.05, 0) is 194 Å². The molecule has 15 aromatic carbocycles. The second-order valence-electron chi connectivity index (χ2n) is 24.6. The van der Waals surface area contributed by atoms with Crippen molar-refractivity contribution in [3.8, 4) is 89.0 Å². The van der Waals surface area contributed by atoms with Crippen molar-refractivity contribution in [2.45, 2.75) is 38.5 Å². The van der Waals surface area contributed by atoms with Crippen molar-refractivity contribution in [3.63, 3.8) is 0 Å². The fourth-order valence-corrected chi connectivity index (χ4v) is 15.3. The van der Waals surface area contributed by atoms with E-state index in [1.54, 1.807) is 0 Å². The normalized spacial score (nSPS) is 13.7. The second-order valence-corrected chi connectivity index (χ2v) is 24.6. The molecular weight excluding hydrogens is 1010 g/mol. The summed E-state index contributed by atoms with van der Waals surface area (Å²) in [6.07, 6.45) is 0. The Bertz CT molecular complexity index is 5150. The molecule has 2 aliphatic carbocycles. The third-order valence-corrected chi connectivity index (χ3v) is 19.4. The largest absolute Gasteiger partial charge is 0.0622 e. The van der Waals surface area contributed by atoms with Crippen molar-refractivity contribution in [1.82, 2.24) is 0 Å². The van der Waals surface area contributed by atoms with Gasteiger partial charge in [-0.3, -0.25) is 0 Å². The Kier molecular flexibility index (Phi) is 10.5. The number of rotatable bonds is 6. The van der Waals surface area contributed by atoms with Gasteiger partial charge in [0.05, 0.1) is 0 Å². The first-order valence-electron chi connectivity index (χ1n) is 29.7. The van der Waals surface area contributed by atoms with Gasteiger partial charge in [-0.25, -0.2) is 0 Å². The maximum atomic E-state index is 2.48. The van der Waals surface area contributed by atoms with Crippen LogP contribution in [0.15, 0.2) is 279 Å². The summed E-state index contributed by atoms with van der Waals surface area (Å²) < 4.78 is 0. The SMILES string of the molecule is CC1(C)c2cc(-c3ccc(-c4c5ccccc5c(-c5ccccc5)c5ccccc45)cc3)ccc2-c2c1ccc1c3c(ccc21)C(C)(C)c1cc(-c2ccc(-c4c5ccccc5c(-c5ccc6ccccc6c5)c5ccccc45)cc2)ccc1-3. The first-order chi connectivity index (χ1) is 41.2. The molecule has 0 bridgehead atoms. The molecule has 394 valence electrons. The quantitative estimate of drug-likeness (QED) is 0.146. The Morgan fingerprint density at radius 3 is 0.881 bits per heavy atom. The van der Waals surface area contributed by atoms with Crippen LogP contribution < -0.4 is 0 Å². The summed E-state index contributed by atoms with van der Waals surface area (Å²) in [5, 5.41) is 15.4. The fourth-order valence-electron chi connectivity index (χ4n) is 15.3. The van der Waals surface area contributed by atoms with Gasteiger partial charge in [0.1, 0.15) is 0 Å². The van der Waals surface area contributed by atoms with Crippen LogP contribution in [0.2, 0.25) is 0 Å². The molecule has 15 aromatic rings. The molecule has 0 aliphatic heterocycles. The van der Waals surface area contributed by atoms with Crippen LogP contribution in [-0.2, 0) is 10.8 Å². The van der Waals surface area contributed by atoms with Crippen molar-refractivity contribution in [3.05, 3.63) is 301 Å². The van der Waals surface area contributed by atoms with Crippen LogP contribution in [0.3, 0.4) is 0 Å². The summed E-state index contributed by atoms with van der Waals surface area (Å²) >= 11 is 0. The number of hydrogen-bond acceptors (Lipinski definition) is 0. The third-order valence-electron chi connectivity index (χ3n) is 19.4. The van der Waals surface area contributed by atoms with Crippen molar-refractivity contribution >= 4 is 64.6 Å². The van der Waals surface area contributed by atoms with Crippen LogP contribution in [0.25, 0.3) is 154 Å². The van der Waals surface area contributed by atoms with Gasteiger partial charge in [0, 0.05) is 10.8 Å². The molecule has 0 heteroatoms. The molecule has 0 saturated heterocycles. The van der Waals surface area contributed by atoms with Gasteiger partial charge in [0.2, 0.25) is 0 Å². The van der Waals surface area contributed by atoms with Crippen LogP contribution in [0, 0.1) is 0 Å². The Morgan fingerprint density at radius 1 is 0.179 bits per heavy atom. The van der Waals surface area contributed by atoms with Crippen molar-refractivity contribution in [1.29, 1.82) is 0 Å². The van der Waals surface area contributed by atoms with Crippen LogP contribution in [0.1, 0.15) is 49.9 Å². The zero-order valence-corrected chi connectivity index (χ0v) is 47.6. The first-order valence-corrected chi connectivity index (χ1v) is 29.7. The molecular formula is C84H58. The Balaban J connectivity index is 0.710. The molecule has 0 saturated carbocycles. The zero-order chi connectivity index (χ0) is 56.0. The first kappa shape index (κ1) is 48.6. The highest BCUT2D eigenvalue weighted by Crippen LogP contribution is 2.57. The van der Waals surface area contributed by atoms with Gasteiger partial charge in [-0.1, -0.05) is 289 Å². The lowest BCUT2D eigenvalue weighted by Crippen LogP contribution is -2.15. The minimum Gasteiger partial charge on any atom is -0.0622 e. The summed E-state index contributed by atoms with van der Waals surface area (Å²) in [5.41, 5.74) is 25.7. The lowest BCUT2D eigenvalue weighted by atomic mass is 9.80. The van der Waals surface area contributed by atoms with E-state index in [-0.39, 0.29) is 10.8 Å². The van der Waals surface area contributed by atoms with E-state index in [1.165, 1.54) is 176 Å².